The lowest BCUT2D eigenvalue weighted by molar-refractivity contribution is -0.126. The lowest BCUT2D eigenvalue weighted by Gasteiger charge is -2.28. The molecule has 0 fully saturated rings. The molecule has 3 N–H and O–H groups in total. The van der Waals surface area contributed by atoms with Crippen LogP contribution in [0.1, 0.15) is 53.9 Å². The molecule has 0 aliphatic carbocycles. The van der Waals surface area contributed by atoms with Gasteiger partial charge in [0.15, 0.2) is 0 Å². The van der Waals surface area contributed by atoms with Crippen molar-refractivity contribution >= 4 is 5.91 Å². The average molecular weight is 214 g/mol. The van der Waals surface area contributed by atoms with E-state index in [1.54, 1.807) is 6.92 Å². The minimum atomic E-state index is -0.736. The quantitative estimate of drug-likeness (QED) is 0.711. The molecule has 3 nitrogen and oxygen atoms in total. The summed E-state index contributed by atoms with van der Waals surface area (Å²) in [6.45, 7) is 10.1. The Hall–Kier alpha value is -0.570. The third-order valence-corrected chi connectivity index (χ3v) is 3.37. The van der Waals surface area contributed by atoms with Crippen molar-refractivity contribution in [3.63, 3.8) is 0 Å². The zero-order valence-corrected chi connectivity index (χ0v) is 10.8. The number of hydrogen-bond donors (Lipinski definition) is 2. The van der Waals surface area contributed by atoms with E-state index in [1.165, 1.54) is 0 Å². The first kappa shape index (κ1) is 14.4. The number of nitrogens with one attached hydrogen (secondary N) is 1. The number of carbonyl (C=O) groups is 1. The van der Waals surface area contributed by atoms with Gasteiger partial charge in [0.25, 0.3) is 0 Å². The molecule has 0 aliphatic rings. The summed E-state index contributed by atoms with van der Waals surface area (Å²) in [6, 6.07) is 0.210. The summed E-state index contributed by atoms with van der Waals surface area (Å²) in [5.74, 6) is 0.506. The van der Waals surface area contributed by atoms with Crippen LogP contribution in [-0.4, -0.2) is 17.5 Å². The van der Waals surface area contributed by atoms with Gasteiger partial charge in [-0.2, -0.15) is 0 Å². The van der Waals surface area contributed by atoms with Gasteiger partial charge in [-0.1, -0.05) is 33.6 Å². The van der Waals surface area contributed by atoms with Crippen molar-refractivity contribution in [3.05, 3.63) is 0 Å². The van der Waals surface area contributed by atoms with Crippen molar-refractivity contribution in [1.82, 2.24) is 5.32 Å². The summed E-state index contributed by atoms with van der Waals surface area (Å²) < 4.78 is 0. The van der Waals surface area contributed by atoms with Gasteiger partial charge in [0.1, 0.15) is 0 Å². The Morgan fingerprint density at radius 3 is 2.13 bits per heavy atom. The maximum atomic E-state index is 11.8. The molecule has 1 amide bonds. The van der Waals surface area contributed by atoms with Crippen LogP contribution in [0.2, 0.25) is 0 Å². The molecule has 0 aromatic heterocycles. The Kier molecular flexibility index (Phi) is 5.88. The Morgan fingerprint density at radius 2 is 1.80 bits per heavy atom. The summed E-state index contributed by atoms with van der Waals surface area (Å²) in [7, 11) is 0. The van der Waals surface area contributed by atoms with Crippen molar-refractivity contribution in [1.29, 1.82) is 0 Å². The fraction of sp³-hybridized carbons (Fsp3) is 0.917. The van der Waals surface area contributed by atoms with E-state index in [4.69, 9.17) is 5.73 Å². The summed E-state index contributed by atoms with van der Waals surface area (Å²) >= 11 is 0. The maximum Gasteiger partial charge on any atom is 0.239 e. The number of rotatable bonds is 6. The molecule has 0 radical (unpaired) electrons. The molecule has 2 atom stereocenters. The molecule has 0 saturated heterocycles. The van der Waals surface area contributed by atoms with Crippen LogP contribution in [0.15, 0.2) is 0 Å². The molecule has 0 aromatic rings. The number of hydrogen-bond acceptors (Lipinski definition) is 2. The zero-order chi connectivity index (χ0) is 12.1. The fourth-order valence-corrected chi connectivity index (χ4v) is 1.65. The molecule has 0 saturated carbocycles. The van der Waals surface area contributed by atoms with Gasteiger partial charge >= 0.3 is 0 Å². The Balaban J connectivity index is 4.29. The first-order valence-electron chi connectivity index (χ1n) is 5.98. The van der Waals surface area contributed by atoms with E-state index in [-0.39, 0.29) is 11.9 Å². The van der Waals surface area contributed by atoms with Crippen molar-refractivity contribution in [2.24, 2.45) is 11.7 Å². The van der Waals surface area contributed by atoms with Crippen LogP contribution in [0, 0.1) is 5.92 Å². The van der Waals surface area contributed by atoms with Gasteiger partial charge in [0.05, 0.1) is 5.54 Å². The summed E-state index contributed by atoms with van der Waals surface area (Å²) in [5, 5.41) is 3.01. The monoisotopic (exact) mass is 214 g/mol. The van der Waals surface area contributed by atoms with Gasteiger partial charge in [-0.15, -0.1) is 0 Å². The number of carbonyl (C=O) groups excluding carboxylic acids is 1. The van der Waals surface area contributed by atoms with Gasteiger partial charge in [-0.3, -0.25) is 4.79 Å². The van der Waals surface area contributed by atoms with E-state index in [2.05, 4.69) is 26.1 Å². The molecule has 0 heterocycles. The topological polar surface area (TPSA) is 55.1 Å². The normalized spacial score (nSPS) is 17.3. The highest BCUT2D eigenvalue weighted by Gasteiger charge is 2.28. The summed E-state index contributed by atoms with van der Waals surface area (Å²) in [4.78, 5) is 11.8. The minimum absolute atomic E-state index is 0.0376. The molecule has 90 valence electrons. The highest BCUT2D eigenvalue weighted by atomic mass is 16.2. The van der Waals surface area contributed by atoms with Crippen molar-refractivity contribution < 1.29 is 4.79 Å². The molecule has 0 bridgehead atoms. The third kappa shape index (κ3) is 4.20. The molecule has 0 spiro atoms. The highest BCUT2D eigenvalue weighted by Crippen LogP contribution is 2.14. The van der Waals surface area contributed by atoms with Crippen molar-refractivity contribution in [2.45, 2.75) is 65.5 Å². The average Bonchev–Trinajstić information content (AvgIpc) is 2.19. The molecule has 0 rings (SSSR count). The SMILES string of the molecule is CCC(CC)C(C)NC(=O)C(C)(N)CC. The molecular formula is C12H26N2O. The van der Waals surface area contributed by atoms with E-state index in [0.29, 0.717) is 12.3 Å². The lowest BCUT2D eigenvalue weighted by Crippen LogP contribution is -2.54. The highest BCUT2D eigenvalue weighted by molar-refractivity contribution is 5.85. The second-order valence-corrected chi connectivity index (χ2v) is 4.61. The van der Waals surface area contributed by atoms with Crippen LogP contribution in [0.5, 0.6) is 0 Å². The Bertz CT molecular complexity index is 198. The van der Waals surface area contributed by atoms with Gasteiger partial charge < -0.3 is 11.1 Å². The maximum absolute atomic E-state index is 11.8. The van der Waals surface area contributed by atoms with Crippen molar-refractivity contribution in [3.8, 4) is 0 Å². The van der Waals surface area contributed by atoms with Crippen LogP contribution >= 0.6 is 0 Å². The molecule has 0 aromatic carbocycles. The molecule has 3 heteroatoms. The Labute approximate surface area is 93.8 Å². The van der Waals surface area contributed by atoms with Gasteiger partial charge in [-0.25, -0.2) is 0 Å². The summed E-state index contributed by atoms with van der Waals surface area (Å²) in [6.07, 6.45) is 2.84. The third-order valence-electron chi connectivity index (χ3n) is 3.37. The Morgan fingerprint density at radius 1 is 1.33 bits per heavy atom. The lowest BCUT2D eigenvalue weighted by atomic mass is 9.93. The first-order chi connectivity index (χ1) is 6.88. The van der Waals surface area contributed by atoms with Crippen molar-refractivity contribution in [2.75, 3.05) is 0 Å². The number of amides is 1. The second kappa shape index (κ2) is 6.11. The van der Waals surface area contributed by atoms with E-state index < -0.39 is 5.54 Å². The molecular weight excluding hydrogens is 188 g/mol. The van der Waals surface area contributed by atoms with Crippen LogP contribution < -0.4 is 11.1 Å². The smallest absolute Gasteiger partial charge is 0.239 e. The molecule has 15 heavy (non-hydrogen) atoms. The predicted molar refractivity (Wildman–Crippen MR) is 64.6 cm³/mol. The summed E-state index contributed by atoms with van der Waals surface area (Å²) in [5.41, 5.74) is 5.14. The minimum Gasteiger partial charge on any atom is -0.352 e. The second-order valence-electron chi connectivity index (χ2n) is 4.61. The molecule has 0 aliphatic heterocycles. The fourth-order valence-electron chi connectivity index (χ4n) is 1.65. The predicted octanol–water partition coefficient (Wildman–Crippen LogP) is 2.05. The van der Waals surface area contributed by atoms with Crippen LogP contribution in [0.4, 0.5) is 0 Å². The first-order valence-corrected chi connectivity index (χ1v) is 5.98. The van der Waals surface area contributed by atoms with Gasteiger partial charge in [-0.05, 0) is 26.2 Å². The van der Waals surface area contributed by atoms with E-state index >= 15 is 0 Å². The number of nitrogens with two attached hydrogens (primary N) is 1. The van der Waals surface area contributed by atoms with Gasteiger partial charge in [0.2, 0.25) is 5.91 Å². The molecule has 2 unspecified atom stereocenters. The zero-order valence-electron chi connectivity index (χ0n) is 10.8. The van der Waals surface area contributed by atoms with Crippen LogP contribution in [-0.2, 0) is 4.79 Å². The standard InChI is InChI=1S/C12H26N2O/c1-6-10(7-2)9(4)14-11(15)12(5,13)8-3/h9-10H,6-8,13H2,1-5H3,(H,14,15). The van der Waals surface area contributed by atoms with E-state index in [0.717, 1.165) is 12.8 Å². The van der Waals surface area contributed by atoms with Crippen LogP contribution in [0.3, 0.4) is 0 Å². The van der Waals surface area contributed by atoms with Crippen LogP contribution in [0.25, 0.3) is 0 Å². The van der Waals surface area contributed by atoms with Gasteiger partial charge in [0, 0.05) is 6.04 Å². The largest absolute Gasteiger partial charge is 0.352 e. The van der Waals surface area contributed by atoms with E-state index in [9.17, 15) is 4.79 Å². The van der Waals surface area contributed by atoms with E-state index in [1.807, 2.05) is 6.92 Å².